The molecule has 0 aliphatic rings. The molecule has 3 aromatic rings. The Morgan fingerprint density at radius 3 is 1.92 bits per heavy atom. The van der Waals surface area contributed by atoms with Gasteiger partial charge in [-0.15, -0.1) is 0 Å². The summed E-state index contributed by atoms with van der Waals surface area (Å²) in [5, 5.41) is 0. The first-order chi connectivity index (χ1) is 12.8. The molecule has 0 fully saturated rings. The molecule has 2 nitrogen and oxygen atoms in total. The molecule has 0 saturated heterocycles. The van der Waals surface area contributed by atoms with Gasteiger partial charge in [0, 0.05) is 18.6 Å². The summed E-state index contributed by atoms with van der Waals surface area (Å²) < 4.78 is 6.34. The summed E-state index contributed by atoms with van der Waals surface area (Å²) in [5.74, 6) is 0.00148. The molecule has 1 atom stereocenters. The zero-order valence-electron chi connectivity index (χ0n) is 15.1. The van der Waals surface area contributed by atoms with Crippen LogP contribution in [0.1, 0.15) is 34.8 Å². The first-order valence-electron chi connectivity index (χ1n) is 9.09. The van der Waals surface area contributed by atoms with Crippen LogP contribution in [0.3, 0.4) is 0 Å². The van der Waals surface area contributed by atoms with Crippen LogP contribution in [0.15, 0.2) is 91.0 Å². The van der Waals surface area contributed by atoms with E-state index in [1.54, 1.807) is 0 Å². The van der Waals surface area contributed by atoms with E-state index in [0.29, 0.717) is 18.6 Å². The fourth-order valence-corrected chi connectivity index (χ4v) is 3.20. The number of rotatable bonds is 8. The fraction of sp³-hybridized carbons (Fsp3) is 0.208. The van der Waals surface area contributed by atoms with Crippen molar-refractivity contribution in [1.29, 1.82) is 0 Å². The summed E-state index contributed by atoms with van der Waals surface area (Å²) in [4.78, 5) is 13.7. The molecular formula is C24H24O2. The zero-order valence-corrected chi connectivity index (χ0v) is 15.1. The maximum absolute atomic E-state index is 13.7. The highest BCUT2D eigenvalue weighted by Crippen LogP contribution is 2.34. The fourth-order valence-electron chi connectivity index (χ4n) is 3.20. The third-order valence-electron chi connectivity index (χ3n) is 4.49. The predicted octanol–water partition coefficient (Wildman–Crippen LogP) is 5.43. The highest BCUT2D eigenvalue weighted by atomic mass is 16.5. The minimum Gasteiger partial charge on any atom is -0.362 e. The van der Waals surface area contributed by atoms with Crippen LogP contribution in [0, 0.1) is 0 Å². The summed E-state index contributed by atoms with van der Waals surface area (Å²) in [6, 6.07) is 29.4. The van der Waals surface area contributed by atoms with Crippen LogP contribution in [0.2, 0.25) is 0 Å². The zero-order chi connectivity index (χ0) is 18.2. The molecule has 0 heterocycles. The molecule has 0 bridgehead atoms. The minimum atomic E-state index is -1.03. The van der Waals surface area contributed by atoms with Gasteiger partial charge in [0.1, 0.15) is 0 Å². The Morgan fingerprint density at radius 2 is 1.35 bits per heavy atom. The second kappa shape index (κ2) is 8.59. The van der Waals surface area contributed by atoms with Crippen LogP contribution in [-0.4, -0.2) is 12.4 Å². The van der Waals surface area contributed by atoms with Crippen molar-refractivity contribution in [2.45, 2.75) is 25.4 Å². The van der Waals surface area contributed by atoms with Gasteiger partial charge in [-0.25, -0.2) is 0 Å². The first kappa shape index (κ1) is 18.1. The molecule has 0 amide bonds. The molecule has 0 aliphatic heterocycles. The summed E-state index contributed by atoms with van der Waals surface area (Å²) in [6.45, 7) is 2.59. The van der Waals surface area contributed by atoms with Crippen LogP contribution in [0.4, 0.5) is 0 Å². The molecule has 26 heavy (non-hydrogen) atoms. The van der Waals surface area contributed by atoms with Crippen molar-refractivity contribution in [1.82, 2.24) is 0 Å². The van der Waals surface area contributed by atoms with Crippen LogP contribution in [-0.2, 0) is 16.8 Å². The van der Waals surface area contributed by atoms with Gasteiger partial charge in [0.25, 0.3) is 0 Å². The van der Waals surface area contributed by atoms with Gasteiger partial charge in [-0.2, -0.15) is 0 Å². The Morgan fingerprint density at radius 1 is 0.808 bits per heavy atom. The Bertz CT molecular complexity index is 813. The van der Waals surface area contributed by atoms with Crippen molar-refractivity contribution in [3.05, 3.63) is 108 Å². The third kappa shape index (κ3) is 3.92. The summed E-state index contributed by atoms with van der Waals surface area (Å²) >= 11 is 0. The van der Waals surface area contributed by atoms with E-state index in [0.717, 1.165) is 17.5 Å². The van der Waals surface area contributed by atoms with Crippen LogP contribution in [0.25, 0.3) is 0 Å². The molecule has 0 spiro atoms. The molecule has 2 heteroatoms. The first-order valence-corrected chi connectivity index (χ1v) is 9.09. The highest BCUT2D eigenvalue weighted by molar-refractivity contribution is 6.03. The second-order valence-electron chi connectivity index (χ2n) is 6.40. The number of ketones is 1. The average Bonchev–Trinajstić information content (AvgIpc) is 2.72. The number of carbonyl (C=O) groups excluding carboxylic acids is 1. The van der Waals surface area contributed by atoms with Gasteiger partial charge in [0.05, 0.1) is 0 Å². The normalized spacial score (nSPS) is 13.1. The molecular weight excluding hydrogens is 320 g/mol. The number of hydrogen-bond acceptors (Lipinski definition) is 2. The van der Waals surface area contributed by atoms with Crippen molar-refractivity contribution >= 4 is 5.78 Å². The largest absolute Gasteiger partial charge is 0.362 e. The standard InChI is InChI=1S/C24H24O2/c1-2-18-26-24(22-16-10-5-11-17-22,19-20-12-6-3-7-13-20)23(25)21-14-8-4-9-15-21/h3-17H,2,18-19H2,1H3. The predicted molar refractivity (Wildman–Crippen MR) is 105 cm³/mol. The van der Waals surface area contributed by atoms with Crippen molar-refractivity contribution in [2.24, 2.45) is 0 Å². The van der Waals surface area contributed by atoms with Crippen LogP contribution < -0.4 is 0 Å². The van der Waals surface area contributed by atoms with E-state index in [-0.39, 0.29) is 5.78 Å². The molecule has 3 aromatic carbocycles. The van der Waals surface area contributed by atoms with Crippen LogP contribution in [0.5, 0.6) is 0 Å². The Balaban J connectivity index is 2.12. The van der Waals surface area contributed by atoms with E-state index in [2.05, 4.69) is 6.92 Å². The van der Waals surface area contributed by atoms with E-state index in [4.69, 9.17) is 4.74 Å². The SMILES string of the molecule is CCCOC(Cc1ccccc1)(C(=O)c1ccccc1)c1ccccc1. The maximum Gasteiger partial charge on any atom is 0.199 e. The summed E-state index contributed by atoms with van der Waals surface area (Å²) in [6.07, 6.45) is 1.36. The molecule has 0 N–H and O–H groups in total. The lowest BCUT2D eigenvalue weighted by Crippen LogP contribution is -2.41. The Labute approximate surface area is 155 Å². The highest BCUT2D eigenvalue weighted by Gasteiger charge is 2.41. The maximum atomic E-state index is 13.7. The lowest BCUT2D eigenvalue weighted by Gasteiger charge is -2.33. The Hall–Kier alpha value is -2.71. The van der Waals surface area contributed by atoms with Gasteiger partial charge < -0.3 is 4.74 Å². The quantitative estimate of drug-likeness (QED) is 0.509. The summed E-state index contributed by atoms with van der Waals surface area (Å²) in [7, 11) is 0. The lowest BCUT2D eigenvalue weighted by molar-refractivity contribution is -0.0294. The second-order valence-corrected chi connectivity index (χ2v) is 6.40. The van der Waals surface area contributed by atoms with Crippen molar-refractivity contribution < 1.29 is 9.53 Å². The van der Waals surface area contributed by atoms with Gasteiger partial charge in [0.2, 0.25) is 0 Å². The molecule has 0 aromatic heterocycles. The molecule has 0 saturated carbocycles. The number of ether oxygens (including phenoxy) is 1. The van der Waals surface area contributed by atoms with Gasteiger partial charge in [-0.05, 0) is 17.5 Å². The number of carbonyl (C=O) groups is 1. The van der Waals surface area contributed by atoms with Gasteiger partial charge >= 0.3 is 0 Å². The van der Waals surface area contributed by atoms with Gasteiger partial charge in [0.15, 0.2) is 11.4 Å². The van der Waals surface area contributed by atoms with Crippen LogP contribution >= 0.6 is 0 Å². The number of benzene rings is 3. The van der Waals surface area contributed by atoms with E-state index in [1.165, 1.54) is 0 Å². The molecule has 1 unspecified atom stereocenters. The number of hydrogen-bond donors (Lipinski definition) is 0. The number of Topliss-reactive ketones (excluding diaryl/α,β-unsaturated/α-hetero) is 1. The molecule has 3 rings (SSSR count). The Kier molecular flexibility index (Phi) is 5.98. The van der Waals surface area contributed by atoms with Crippen molar-refractivity contribution in [2.75, 3.05) is 6.61 Å². The van der Waals surface area contributed by atoms with Crippen molar-refractivity contribution in [3.63, 3.8) is 0 Å². The smallest absolute Gasteiger partial charge is 0.199 e. The third-order valence-corrected chi connectivity index (χ3v) is 4.49. The van der Waals surface area contributed by atoms with E-state index < -0.39 is 5.60 Å². The molecule has 0 radical (unpaired) electrons. The van der Waals surface area contributed by atoms with E-state index in [9.17, 15) is 4.79 Å². The van der Waals surface area contributed by atoms with Gasteiger partial charge in [-0.3, -0.25) is 4.79 Å². The lowest BCUT2D eigenvalue weighted by atomic mass is 9.80. The monoisotopic (exact) mass is 344 g/mol. The topological polar surface area (TPSA) is 26.3 Å². The van der Waals surface area contributed by atoms with Crippen molar-refractivity contribution in [3.8, 4) is 0 Å². The van der Waals surface area contributed by atoms with Gasteiger partial charge in [-0.1, -0.05) is 97.9 Å². The van der Waals surface area contributed by atoms with E-state index >= 15 is 0 Å². The molecule has 0 aliphatic carbocycles. The average molecular weight is 344 g/mol. The summed E-state index contributed by atoms with van der Waals surface area (Å²) in [5.41, 5.74) is 1.62. The van der Waals surface area contributed by atoms with E-state index in [1.807, 2.05) is 91.0 Å². The molecule has 132 valence electrons. The minimum absolute atomic E-state index is 0.00148.